The fraction of sp³-hybridized carbons (Fsp3) is 0.263. The minimum absolute atomic E-state index is 0.0952. The maximum atomic E-state index is 12.2. The monoisotopic (exact) mass is 341 g/mol. The van der Waals surface area contributed by atoms with Gasteiger partial charge in [0.15, 0.2) is 6.04 Å². The third kappa shape index (κ3) is 3.08. The molecule has 0 unspecified atom stereocenters. The molecule has 6 nitrogen and oxygen atoms in total. The summed E-state index contributed by atoms with van der Waals surface area (Å²) in [6, 6.07) is 14.6. The zero-order valence-electron chi connectivity index (χ0n) is 13.8. The first kappa shape index (κ1) is 17.0. The summed E-state index contributed by atoms with van der Waals surface area (Å²) in [6.07, 6.45) is -0.775. The van der Waals surface area contributed by atoms with Gasteiger partial charge in [0.25, 0.3) is 0 Å². The lowest BCUT2D eigenvalue weighted by molar-refractivity contribution is -0.143. The van der Waals surface area contributed by atoms with Crippen molar-refractivity contribution in [3.05, 3.63) is 59.7 Å². The Morgan fingerprint density at radius 2 is 1.60 bits per heavy atom. The summed E-state index contributed by atoms with van der Waals surface area (Å²) in [5.74, 6) is -1.37. The largest absolute Gasteiger partial charge is 0.480 e. The molecule has 1 aliphatic carbocycles. The molecule has 0 bridgehead atoms. The van der Waals surface area contributed by atoms with Crippen molar-refractivity contribution in [3.63, 3.8) is 0 Å². The van der Waals surface area contributed by atoms with Gasteiger partial charge in [-0.1, -0.05) is 48.5 Å². The van der Waals surface area contributed by atoms with E-state index in [9.17, 15) is 9.59 Å². The molecule has 6 heteroatoms. The summed E-state index contributed by atoms with van der Waals surface area (Å²) in [7, 11) is 1.30. The maximum absolute atomic E-state index is 12.2. The lowest BCUT2D eigenvalue weighted by atomic mass is 9.98. The number of carboxylic acid groups (broad SMARTS) is 1. The number of aliphatic hydroxyl groups excluding tert-OH is 1. The van der Waals surface area contributed by atoms with Gasteiger partial charge in [-0.15, -0.1) is 0 Å². The summed E-state index contributed by atoms with van der Waals surface area (Å²) in [5.41, 5.74) is 4.39. The minimum Gasteiger partial charge on any atom is -0.480 e. The van der Waals surface area contributed by atoms with Gasteiger partial charge in [0.05, 0.1) is 6.61 Å². The van der Waals surface area contributed by atoms with E-state index in [1.807, 2.05) is 48.5 Å². The molecule has 0 saturated carbocycles. The first-order valence-corrected chi connectivity index (χ1v) is 7.96. The first-order valence-electron chi connectivity index (χ1n) is 7.96. The third-order valence-corrected chi connectivity index (χ3v) is 4.55. The van der Waals surface area contributed by atoms with Crippen molar-refractivity contribution in [2.45, 2.75) is 12.0 Å². The van der Waals surface area contributed by atoms with Gasteiger partial charge in [0, 0.05) is 13.0 Å². The Morgan fingerprint density at radius 1 is 1.08 bits per heavy atom. The number of amides is 1. The predicted octanol–water partition coefficient (Wildman–Crippen LogP) is 2.31. The van der Waals surface area contributed by atoms with Crippen LogP contribution >= 0.6 is 0 Å². The maximum Gasteiger partial charge on any atom is 0.410 e. The molecule has 2 aromatic carbocycles. The van der Waals surface area contributed by atoms with Crippen molar-refractivity contribution in [2.24, 2.45) is 0 Å². The molecule has 1 aliphatic rings. The van der Waals surface area contributed by atoms with E-state index in [4.69, 9.17) is 14.9 Å². The molecule has 3 rings (SSSR count). The molecule has 0 spiro atoms. The smallest absolute Gasteiger partial charge is 0.410 e. The normalized spacial score (nSPS) is 13.7. The lowest BCUT2D eigenvalue weighted by Crippen LogP contribution is -2.45. The Kier molecular flexibility index (Phi) is 4.72. The number of nitrogens with zero attached hydrogens (tertiary/aromatic N) is 1. The minimum atomic E-state index is -1.32. The molecule has 2 aromatic rings. The van der Waals surface area contributed by atoms with Crippen LogP contribution in [-0.2, 0) is 9.53 Å². The summed E-state index contributed by atoms with van der Waals surface area (Å²) in [6.45, 7) is -0.564. The van der Waals surface area contributed by atoms with Crippen LogP contribution in [0.3, 0.4) is 0 Å². The van der Waals surface area contributed by atoms with Gasteiger partial charge < -0.3 is 14.9 Å². The molecule has 2 N–H and O–H groups in total. The van der Waals surface area contributed by atoms with Crippen LogP contribution in [0.5, 0.6) is 0 Å². The van der Waals surface area contributed by atoms with Gasteiger partial charge in [-0.2, -0.15) is 0 Å². The van der Waals surface area contributed by atoms with Crippen molar-refractivity contribution in [1.29, 1.82) is 0 Å². The number of benzene rings is 2. The molecule has 0 aliphatic heterocycles. The Balaban J connectivity index is 1.78. The molecule has 0 fully saturated rings. The number of hydrogen-bond donors (Lipinski definition) is 2. The van der Waals surface area contributed by atoms with Crippen molar-refractivity contribution in [1.82, 2.24) is 4.90 Å². The van der Waals surface area contributed by atoms with E-state index in [0.717, 1.165) is 27.2 Å². The lowest BCUT2D eigenvalue weighted by Gasteiger charge is -2.23. The number of ether oxygens (including phenoxy) is 1. The quantitative estimate of drug-likeness (QED) is 0.871. The highest BCUT2D eigenvalue weighted by Gasteiger charge is 2.31. The van der Waals surface area contributed by atoms with Crippen molar-refractivity contribution in [2.75, 3.05) is 20.3 Å². The second kappa shape index (κ2) is 6.94. The number of hydrogen-bond acceptors (Lipinski definition) is 4. The fourth-order valence-corrected chi connectivity index (χ4v) is 3.19. The van der Waals surface area contributed by atoms with Crippen molar-refractivity contribution >= 4 is 12.1 Å². The van der Waals surface area contributed by atoms with E-state index in [-0.39, 0.29) is 12.5 Å². The Morgan fingerprint density at radius 3 is 2.08 bits per heavy atom. The van der Waals surface area contributed by atoms with Crippen LogP contribution in [0.1, 0.15) is 17.0 Å². The SMILES string of the molecule is CN(C(=O)OCC1c2ccccc2-c2ccccc21)[C@H](CO)C(=O)O. The number of carbonyl (C=O) groups excluding carboxylic acids is 1. The highest BCUT2D eigenvalue weighted by Crippen LogP contribution is 2.44. The number of carbonyl (C=O) groups is 2. The van der Waals surface area contributed by atoms with E-state index < -0.39 is 24.7 Å². The highest BCUT2D eigenvalue weighted by atomic mass is 16.6. The van der Waals surface area contributed by atoms with E-state index in [1.165, 1.54) is 7.05 Å². The van der Waals surface area contributed by atoms with Crippen molar-refractivity contribution < 1.29 is 24.5 Å². The summed E-state index contributed by atoms with van der Waals surface area (Å²) in [4.78, 5) is 24.1. The zero-order chi connectivity index (χ0) is 18.0. The molecule has 0 heterocycles. The number of likely N-dealkylation sites (N-methyl/N-ethyl adjacent to an activating group) is 1. The molecule has 1 amide bonds. The molecular formula is C19H19NO5. The summed E-state index contributed by atoms with van der Waals surface area (Å²) >= 11 is 0. The first-order chi connectivity index (χ1) is 12.0. The van der Waals surface area contributed by atoms with Gasteiger partial charge in [-0.25, -0.2) is 9.59 Å². The van der Waals surface area contributed by atoms with Crippen LogP contribution in [0.25, 0.3) is 11.1 Å². The number of aliphatic hydroxyl groups is 1. The zero-order valence-corrected chi connectivity index (χ0v) is 13.8. The van der Waals surface area contributed by atoms with Gasteiger partial charge in [-0.05, 0) is 22.3 Å². The average Bonchev–Trinajstić information content (AvgIpc) is 2.94. The van der Waals surface area contributed by atoms with Crippen LogP contribution in [0.2, 0.25) is 0 Å². The standard InChI is InChI=1S/C19H19NO5/c1-20(17(10-21)18(22)23)19(24)25-11-16-14-8-4-2-6-12(14)13-7-3-5-9-15(13)16/h2-9,16-17,21H,10-11H2,1H3,(H,22,23)/t17-/m1/s1. The van der Waals surface area contributed by atoms with Crippen LogP contribution < -0.4 is 0 Å². The van der Waals surface area contributed by atoms with Gasteiger partial charge in [0.1, 0.15) is 6.61 Å². The van der Waals surface area contributed by atoms with E-state index >= 15 is 0 Å². The molecule has 1 atom stereocenters. The second-order valence-electron chi connectivity index (χ2n) is 5.95. The molecule has 130 valence electrons. The van der Waals surface area contributed by atoms with Crippen LogP contribution in [0, 0.1) is 0 Å². The highest BCUT2D eigenvalue weighted by molar-refractivity contribution is 5.81. The molecule has 0 aromatic heterocycles. The second-order valence-corrected chi connectivity index (χ2v) is 5.95. The molecular weight excluding hydrogens is 322 g/mol. The van der Waals surface area contributed by atoms with Gasteiger partial charge >= 0.3 is 12.1 Å². The van der Waals surface area contributed by atoms with Crippen LogP contribution in [0.4, 0.5) is 4.79 Å². The fourth-order valence-electron chi connectivity index (χ4n) is 3.19. The average molecular weight is 341 g/mol. The topological polar surface area (TPSA) is 87.1 Å². The Hall–Kier alpha value is -2.86. The third-order valence-electron chi connectivity index (χ3n) is 4.55. The van der Waals surface area contributed by atoms with E-state index in [0.29, 0.717) is 0 Å². The van der Waals surface area contributed by atoms with E-state index in [2.05, 4.69) is 0 Å². The number of carboxylic acids is 1. The number of rotatable bonds is 5. The summed E-state index contributed by atoms with van der Waals surface area (Å²) in [5, 5.41) is 18.1. The molecule has 25 heavy (non-hydrogen) atoms. The number of fused-ring (bicyclic) bond motifs is 3. The Labute approximate surface area is 145 Å². The molecule has 0 radical (unpaired) electrons. The Bertz CT molecular complexity index is 758. The van der Waals surface area contributed by atoms with Crippen molar-refractivity contribution in [3.8, 4) is 11.1 Å². The molecule has 0 saturated heterocycles. The number of aliphatic carboxylic acids is 1. The van der Waals surface area contributed by atoms with Crippen LogP contribution in [-0.4, -0.2) is 53.5 Å². The van der Waals surface area contributed by atoms with Crippen LogP contribution in [0.15, 0.2) is 48.5 Å². The summed E-state index contributed by atoms with van der Waals surface area (Å²) < 4.78 is 5.35. The van der Waals surface area contributed by atoms with E-state index in [1.54, 1.807) is 0 Å². The predicted molar refractivity (Wildman–Crippen MR) is 91.3 cm³/mol. The van der Waals surface area contributed by atoms with Gasteiger partial charge in [-0.3, -0.25) is 4.90 Å². The van der Waals surface area contributed by atoms with Gasteiger partial charge in [0.2, 0.25) is 0 Å².